The Morgan fingerprint density at radius 3 is 1.97 bits per heavy atom. The number of rotatable bonds is 25. The molecule has 1 heterocycles. The summed E-state index contributed by atoms with van der Waals surface area (Å²) in [6, 6.07) is 8.25. The third-order valence-electron chi connectivity index (χ3n) is 7.48. The monoisotopic (exact) mass is 868 g/mol. The second-order valence-corrected chi connectivity index (χ2v) is 13.3. The standard InChI is InChI=1S/C36H44N4O19S/c1-22(42)52-21-31-32(53-23(2)43)33(54-24(3)44)34(55-25(4)45)36(57-31)56-29-10-7-27(19-30(29)59-60(47,48)58-28-8-5-26(20-41)6-9-28)35(46)38-11-13-49-15-17-51-18-16-50-14-12-39-40-37/h5-10,19-20,31-34,36H,11-18,21H2,1-4H3,(H,38,46)/t31-,32+,33+,34+,36?/m1/s1. The van der Waals surface area contributed by atoms with Crippen molar-refractivity contribution >= 4 is 46.5 Å². The Kier molecular flexibility index (Phi) is 20.0. The van der Waals surface area contributed by atoms with E-state index in [9.17, 15) is 37.2 Å². The smallest absolute Gasteiger partial charge is 0.463 e. The van der Waals surface area contributed by atoms with Crippen LogP contribution in [0.5, 0.6) is 17.2 Å². The maximum absolute atomic E-state index is 13.2. The molecule has 0 saturated carbocycles. The summed E-state index contributed by atoms with van der Waals surface area (Å²) in [5, 5.41) is 5.94. The Balaban J connectivity index is 1.87. The van der Waals surface area contributed by atoms with Crippen LogP contribution in [0.4, 0.5) is 0 Å². The van der Waals surface area contributed by atoms with Crippen molar-refractivity contribution < 1.29 is 88.2 Å². The summed E-state index contributed by atoms with van der Waals surface area (Å²) < 4.78 is 86.0. The fourth-order valence-electron chi connectivity index (χ4n) is 5.10. The molecule has 0 aliphatic carbocycles. The van der Waals surface area contributed by atoms with Crippen LogP contribution in [0.25, 0.3) is 10.4 Å². The van der Waals surface area contributed by atoms with Crippen molar-refractivity contribution in [2.24, 2.45) is 5.11 Å². The Bertz CT molecular complexity index is 1940. The van der Waals surface area contributed by atoms with Crippen LogP contribution in [0.3, 0.4) is 0 Å². The van der Waals surface area contributed by atoms with Gasteiger partial charge in [0.15, 0.2) is 23.7 Å². The number of amides is 1. The maximum atomic E-state index is 13.2. The van der Waals surface area contributed by atoms with Crippen molar-refractivity contribution in [3.05, 3.63) is 64.0 Å². The molecule has 0 bridgehead atoms. The highest BCUT2D eigenvalue weighted by molar-refractivity contribution is 7.82. The lowest BCUT2D eigenvalue weighted by molar-refractivity contribution is -0.288. The molecule has 328 valence electrons. The maximum Gasteiger partial charge on any atom is 0.501 e. The van der Waals surface area contributed by atoms with E-state index in [-0.39, 0.29) is 69.6 Å². The average molecular weight is 869 g/mol. The minimum Gasteiger partial charge on any atom is -0.463 e. The van der Waals surface area contributed by atoms with Gasteiger partial charge in [0.25, 0.3) is 5.91 Å². The van der Waals surface area contributed by atoms with Crippen LogP contribution >= 0.6 is 0 Å². The number of aldehydes is 1. The Morgan fingerprint density at radius 2 is 1.37 bits per heavy atom. The second-order valence-electron chi connectivity index (χ2n) is 12.2. The molecule has 1 fully saturated rings. The number of carbonyl (C=O) groups is 6. The quantitative estimate of drug-likeness (QED) is 0.0283. The summed E-state index contributed by atoms with van der Waals surface area (Å²) in [5.74, 6) is -5.56. The molecule has 1 saturated heterocycles. The van der Waals surface area contributed by atoms with E-state index in [0.717, 1.165) is 39.8 Å². The van der Waals surface area contributed by atoms with Gasteiger partial charge in [-0.15, -0.1) is 8.42 Å². The lowest BCUT2D eigenvalue weighted by Gasteiger charge is -2.43. The van der Waals surface area contributed by atoms with Crippen LogP contribution in [0, 0.1) is 0 Å². The number of benzene rings is 2. The van der Waals surface area contributed by atoms with Gasteiger partial charge < -0.3 is 56.3 Å². The molecule has 1 unspecified atom stereocenters. The number of hydrogen-bond acceptors (Lipinski definition) is 20. The van der Waals surface area contributed by atoms with Crippen LogP contribution in [-0.4, -0.2) is 135 Å². The van der Waals surface area contributed by atoms with Gasteiger partial charge in [0, 0.05) is 56.8 Å². The first-order chi connectivity index (χ1) is 28.6. The van der Waals surface area contributed by atoms with Gasteiger partial charge in [-0.05, 0) is 48.0 Å². The SMILES string of the molecule is CC(=O)OC[C@H]1OC(Oc2ccc(C(=O)NCCOCCOCCOCCN=[N+]=[N-])cc2OS(=O)(=O)Oc2ccc(C=O)cc2)[C@@H](OC(C)=O)[C@@H](OC(C)=O)[C@H]1OC(C)=O. The minimum absolute atomic E-state index is 0.0126. The third-order valence-corrected chi connectivity index (χ3v) is 8.26. The minimum atomic E-state index is -5.03. The van der Waals surface area contributed by atoms with Crippen molar-refractivity contribution in [3.8, 4) is 17.2 Å². The van der Waals surface area contributed by atoms with Crippen molar-refractivity contribution in [2.45, 2.75) is 58.4 Å². The van der Waals surface area contributed by atoms with E-state index in [4.69, 9.17) is 56.5 Å². The predicted octanol–water partition coefficient (Wildman–Crippen LogP) is 1.75. The molecule has 23 nitrogen and oxygen atoms in total. The van der Waals surface area contributed by atoms with Gasteiger partial charge in [0.05, 0.1) is 39.6 Å². The number of esters is 4. The van der Waals surface area contributed by atoms with Gasteiger partial charge in [-0.1, -0.05) is 5.11 Å². The number of carbonyl (C=O) groups excluding carboxylic acids is 6. The molecule has 1 amide bonds. The van der Waals surface area contributed by atoms with Gasteiger partial charge in [-0.3, -0.25) is 28.8 Å². The van der Waals surface area contributed by atoms with Gasteiger partial charge in [0.1, 0.15) is 24.7 Å². The fourth-order valence-corrected chi connectivity index (χ4v) is 5.83. The summed E-state index contributed by atoms with van der Waals surface area (Å²) >= 11 is 0. The number of nitrogens with one attached hydrogen (secondary N) is 1. The van der Waals surface area contributed by atoms with Crippen molar-refractivity contribution in [1.82, 2.24) is 5.32 Å². The van der Waals surface area contributed by atoms with Crippen molar-refractivity contribution in [3.63, 3.8) is 0 Å². The number of azide groups is 1. The second kappa shape index (κ2) is 24.8. The zero-order valence-electron chi connectivity index (χ0n) is 32.9. The number of nitrogens with zero attached hydrogens (tertiary/aromatic N) is 3. The van der Waals surface area contributed by atoms with Crippen LogP contribution < -0.4 is 18.4 Å². The lowest BCUT2D eigenvalue weighted by Crippen LogP contribution is -2.63. The Labute approximate surface area is 343 Å². The zero-order valence-corrected chi connectivity index (χ0v) is 33.7. The fraction of sp³-hybridized carbons (Fsp3) is 0.500. The highest BCUT2D eigenvalue weighted by Gasteiger charge is 2.53. The van der Waals surface area contributed by atoms with Gasteiger partial charge in [0.2, 0.25) is 12.4 Å². The van der Waals surface area contributed by atoms with Crippen LogP contribution in [0.2, 0.25) is 0 Å². The predicted molar refractivity (Wildman–Crippen MR) is 200 cm³/mol. The number of ether oxygens (including phenoxy) is 9. The van der Waals surface area contributed by atoms with Gasteiger partial charge in [-0.2, -0.15) is 0 Å². The summed E-state index contributed by atoms with van der Waals surface area (Å²) in [7, 11) is -5.03. The molecule has 2 aromatic carbocycles. The van der Waals surface area contributed by atoms with Gasteiger partial charge in [-0.25, -0.2) is 0 Å². The van der Waals surface area contributed by atoms with Gasteiger partial charge >= 0.3 is 34.3 Å². The summed E-state index contributed by atoms with van der Waals surface area (Å²) in [6.45, 7) is 5.11. The molecule has 5 atom stereocenters. The Hall–Kier alpha value is -6.04. The third kappa shape index (κ3) is 17.1. The molecule has 2 aromatic rings. The summed E-state index contributed by atoms with van der Waals surface area (Å²) in [6.07, 6.45) is -7.56. The molecule has 1 aliphatic heterocycles. The normalized spacial score (nSPS) is 18.4. The molecule has 1 N–H and O–H groups in total. The molecular formula is C36H44N4O19S. The Morgan fingerprint density at radius 1 is 0.767 bits per heavy atom. The molecule has 0 spiro atoms. The first-order valence-corrected chi connectivity index (χ1v) is 19.3. The van der Waals surface area contributed by atoms with E-state index in [1.807, 2.05) is 0 Å². The van der Waals surface area contributed by atoms with E-state index < -0.39 is 89.0 Å². The molecule has 24 heteroatoms. The largest absolute Gasteiger partial charge is 0.501 e. The highest BCUT2D eigenvalue weighted by Crippen LogP contribution is 2.36. The zero-order chi connectivity index (χ0) is 44.1. The van der Waals surface area contributed by atoms with E-state index >= 15 is 0 Å². The van der Waals surface area contributed by atoms with Crippen molar-refractivity contribution in [2.75, 3.05) is 59.3 Å². The van der Waals surface area contributed by atoms with E-state index in [1.54, 1.807) is 0 Å². The van der Waals surface area contributed by atoms with E-state index in [1.165, 1.54) is 30.3 Å². The molecule has 0 radical (unpaired) electrons. The summed E-state index contributed by atoms with van der Waals surface area (Å²) in [5.41, 5.74) is 8.32. The van der Waals surface area contributed by atoms with E-state index in [0.29, 0.717) is 6.29 Å². The molecular weight excluding hydrogens is 824 g/mol. The first-order valence-electron chi connectivity index (χ1n) is 17.9. The first kappa shape index (κ1) is 48.3. The summed E-state index contributed by atoms with van der Waals surface area (Å²) in [4.78, 5) is 75.3. The molecule has 60 heavy (non-hydrogen) atoms. The van der Waals surface area contributed by atoms with E-state index in [2.05, 4.69) is 15.3 Å². The molecule has 1 aliphatic rings. The number of hydrogen-bond donors (Lipinski definition) is 1. The van der Waals surface area contributed by atoms with Crippen LogP contribution in [-0.2, 0) is 67.5 Å². The molecule has 3 rings (SSSR count). The average Bonchev–Trinajstić information content (AvgIpc) is 3.18. The lowest BCUT2D eigenvalue weighted by atomic mass is 9.98. The topological polar surface area (TPSA) is 299 Å². The highest BCUT2D eigenvalue weighted by atomic mass is 32.3. The van der Waals surface area contributed by atoms with Crippen LogP contribution in [0.15, 0.2) is 47.6 Å². The molecule has 0 aromatic heterocycles. The van der Waals surface area contributed by atoms with Crippen LogP contribution in [0.1, 0.15) is 48.4 Å². The van der Waals surface area contributed by atoms with Crippen molar-refractivity contribution in [1.29, 1.82) is 0 Å².